The molecule has 0 radical (unpaired) electrons. The van der Waals surface area contributed by atoms with E-state index in [-0.39, 0.29) is 0 Å². The largest absolute Gasteiger partial charge is 0.492 e. The van der Waals surface area contributed by atoms with E-state index in [2.05, 4.69) is 63.2 Å². The first-order valence-electron chi connectivity index (χ1n) is 6.50. The minimum absolute atomic E-state index is 0.522. The van der Waals surface area contributed by atoms with Gasteiger partial charge in [-0.1, -0.05) is 6.92 Å². The minimum Gasteiger partial charge on any atom is -0.492 e. The molecule has 1 aromatic carbocycles. The van der Waals surface area contributed by atoms with Crippen molar-refractivity contribution in [1.82, 2.24) is 5.32 Å². The van der Waals surface area contributed by atoms with Crippen molar-refractivity contribution >= 4 is 43.6 Å². The average Bonchev–Trinajstić information content (AvgIpc) is 2.38. The highest BCUT2D eigenvalue weighted by atomic mass is 79.9. The Morgan fingerprint density at radius 2 is 1.89 bits per heavy atom. The van der Waals surface area contributed by atoms with Crippen LogP contribution in [0, 0.1) is 0 Å². The standard InChI is InChI=1S/C14H21Br2NOS/c1-4-18-14-12(15)6-11(7-13(14)16)8-17-10(3)9-19-5-2/h6-7,10,17H,4-5,8-9H2,1-3H3. The SMILES string of the molecule is CCOc1c(Br)cc(CNC(C)CSCC)cc1Br. The van der Waals surface area contributed by atoms with Gasteiger partial charge in [0.2, 0.25) is 0 Å². The first-order chi connectivity index (χ1) is 9.08. The van der Waals surface area contributed by atoms with Gasteiger partial charge in [0.1, 0.15) is 5.75 Å². The maximum atomic E-state index is 5.58. The fraction of sp³-hybridized carbons (Fsp3) is 0.571. The molecule has 0 fully saturated rings. The first kappa shape index (κ1) is 17.3. The lowest BCUT2D eigenvalue weighted by Crippen LogP contribution is -2.27. The Labute approximate surface area is 137 Å². The van der Waals surface area contributed by atoms with Crippen LogP contribution in [0.25, 0.3) is 0 Å². The second kappa shape index (κ2) is 9.27. The van der Waals surface area contributed by atoms with Gasteiger partial charge in [-0.3, -0.25) is 0 Å². The smallest absolute Gasteiger partial charge is 0.147 e. The lowest BCUT2D eigenvalue weighted by molar-refractivity contribution is 0.336. The van der Waals surface area contributed by atoms with Crippen molar-refractivity contribution in [2.45, 2.75) is 33.4 Å². The van der Waals surface area contributed by atoms with Crippen molar-refractivity contribution in [2.24, 2.45) is 0 Å². The number of benzene rings is 1. The van der Waals surface area contributed by atoms with Crippen LogP contribution in [0.3, 0.4) is 0 Å². The number of ether oxygens (including phenoxy) is 1. The van der Waals surface area contributed by atoms with E-state index in [1.54, 1.807) is 0 Å². The van der Waals surface area contributed by atoms with Crippen molar-refractivity contribution in [3.05, 3.63) is 26.6 Å². The third-order valence-corrected chi connectivity index (χ3v) is 4.90. The molecule has 0 saturated carbocycles. The molecular formula is C14H21Br2NOS. The quantitative estimate of drug-likeness (QED) is 0.662. The van der Waals surface area contributed by atoms with Crippen molar-refractivity contribution in [3.63, 3.8) is 0 Å². The Balaban J connectivity index is 2.60. The normalized spacial score (nSPS) is 12.5. The van der Waals surface area contributed by atoms with Crippen LogP contribution in [0.15, 0.2) is 21.1 Å². The van der Waals surface area contributed by atoms with Crippen LogP contribution >= 0.6 is 43.6 Å². The van der Waals surface area contributed by atoms with Gasteiger partial charge in [-0.25, -0.2) is 0 Å². The predicted molar refractivity (Wildman–Crippen MR) is 92.3 cm³/mol. The highest BCUT2D eigenvalue weighted by molar-refractivity contribution is 9.11. The Bertz CT molecular complexity index is 378. The highest BCUT2D eigenvalue weighted by Gasteiger charge is 2.09. The highest BCUT2D eigenvalue weighted by Crippen LogP contribution is 2.34. The maximum Gasteiger partial charge on any atom is 0.147 e. The summed E-state index contributed by atoms with van der Waals surface area (Å²) in [6, 6.07) is 4.75. The van der Waals surface area contributed by atoms with Gasteiger partial charge in [-0.15, -0.1) is 0 Å². The van der Waals surface area contributed by atoms with E-state index >= 15 is 0 Å². The van der Waals surface area contributed by atoms with Crippen LogP contribution < -0.4 is 10.1 Å². The molecular weight excluding hydrogens is 390 g/mol. The Hall–Kier alpha value is 0.290. The molecule has 108 valence electrons. The third kappa shape index (κ3) is 6.06. The Morgan fingerprint density at radius 3 is 2.42 bits per heavy atom. The minimum atomic E-state index is 0.522. The monoisotopic (exact) mass is 409 g/mol. The van der Waals surface area contributed by atoms with Gasteiger partial charge >= 0.3 is 0 Å². The number of rotatable bonds is 8. The molecule has 0 aliphatic carbocycles. The van der Waals surface area contributed by atoms with Crippen LogP contribution in [0.4, 0.5) is 0 Å². The van der Waals surface area contributed by atoms with Crippen molar-refractivity contribution in [2.75, 3.05) is 18.1 Å². The first-order valence-corrected chi connectivity index (χ1v) is 9.24. The van der Waals surface area contributed by atoms with Crippen molar-refractivity contribution in [1.29, 1.82) is 0 Å². The Kier molecular flexibility index (Phi) is 8.46. The summed E-state index contributed by atoms with van der Waals surface area (Å²) in [7, 11) is 0. The lowest BCUT2D eigenvalue weighted by Gasteiger charge is -2.15. The molecule has 5 heteroatoms. The number of halogens is 2. The van der Waals surface area contributed by atoms with E-state index in [0.717, 1.165) is 27.0 Å². The molecule has 2 nitrogen and oxygen atoms in total. The average molecular weight is 411 g/mol. The lowest BCUT2D eigenvalue weighted by atomic mass is 10.2. The zero-order valence-electron chi connectivity index (χ0n) is 11.6. The van der Waals surface area contributed by atoms with E-state index in [9.17, 15) is 0 Å². The molecule has 1 N–H and O–H groups in total. The van der Waals surface area contributed by atoms with Gasteiger partial charge in [0, 0.05) is 18.3 Å². The summed E-state index contributed by atoms with van der Waals surface area (Å²) in [5.74, 6) is 3.20. The summed E-state index contributed by atoms with van der Waals surface area (Å²) >= 11 is 9.09. The molecule has 1 atom stereocenters. The number of hydrogen-bond acceptors (Lipinski definition) is 3. The van der Waals surface area contributed by atoms with Crippen LogP contribution in [-0.2, 0) is 6.54 Å². The van der Waals surface area contributed by atoms with E-state index in [1.807, 2.05) is 18.7 Å². The van der Waals surface area contributed by atoms with Gasteiger partial charge in [-0.05, 0) is 69.2 Å². The summed E-state index contributed by atoms with van der Waals surface area (Å²) in [6.45, 7) is 7.94. The molecule has 1 rings (SSSR count). The predicted octanol–water partition coefficient (Wildman–Crippen LogP) is 4.84. The second-order valence-corrected chi connectivity index (χ2v) is 7.29. The van der Waals surface area contributed by atoms with E-state index in [0.29, 0.717) is 12.6 Å². The van der Waals surface area contributed by atoms with E-state index in [4.69, 9.17) is 4.74 Å². The summed E-state index contributed by atoms with van der Waals surface area (Å²) < 4.78 is 7.58. The van der Waals surface area contributed by atoms with Crippen molar-refractivity contribution in [3.8, 4) is 5.75 Å². The molecule has 0 aliphatic rings. The van der Waals surface area contributed by atoms with Gasteiger partial charge in [0.25, 0.3) is 0 Å². The van der Waals surface area contributed by atoms with E-state index in [1.165, 1.54) is 11.3 Å². The van der Waals surface area contributed by atoms with Crippen LogP contribution in [0.2, 0.25) is 0 Å². The number of hydrogen-bond donors (Lipinski definition) is 1. The van der Waals surface area contributed by atoms with Gasteiger partial charge in [-0.2, -0.15) is 11.8 Å². The zero-order chi connectivity index (χ0) is 14.3. The van der Waals surface area contributed by atoms with Crippen LogP contribution in [0.1, 0.15) is 26.3 Å². The molecule has 0 amide bonds. The second-order valence-electron chi connectivity index (χ2n) is 4.26. The fourth-order valence-corrected chi connectivity index (χ4v) is 3.86. The molecule has 0 aromatic heterocycles. The molecule has 0 bridgehead atoms. The molecule has 0 saturated heterocycles. The topological polar surface area (TPSA) is 21.3 Å². The summed E-state index contributed by atoms with van der Waals surface area (Å²) in [5.41, 5.74) is 1.25. The van der Waals surface area contributed by atoms with Crippen LogP contribution in [0.5, 0.6) is 5.75 Å². The van der Waals surface area contributed by atoms with Crippen molar-refractivity contribution < 1.29 is 4.74 Å². The molecule has 1 unspecified atom stereocenters. The Morgan fingerprint density at radius 1 is 1.26 bits per heavy atom. The summed E-state index contributed by atoms with van der Waals surface area (Å²) in [4.78, 5) is 0. The fourth-order valence-electron chi connectivity index (χ4n) is 1.64. The third-order valence-electron chi connectivity index (χ3n) is 2.57. The molecule has 0 spiro atoms. The molecule has 0 heterocycles. The van der Waals surface area contributed by atoms with Gasteiger partial charge in [0.15, 0.2) is 0 Å². The van der Waals surface area contributed by atoms with Gasteiger partial charge in [0.05, 0.1) is 15.6 Å². The zero-order valence-corrected chi connectivity index (χ0v) is 15.6. The molecule has 1 aromatic rings. The molecule has 0 aliphatic heterocycles. The number of nitrogens with one attached hydrogen (secondary N) is 1. The summed E-state index contributed by atoms with van der Waals surface area (Å²) in [6.07, 6.45) is 0. The summed E-state index contributed by atoms with van der Waals surface area (Å²) in [5, 5.41) is 3.54. The maximum absolute atomic E-state index is 5.58. The number of thioether (sulfide) groups is 1. The van der Waals surface area contributed by atoms with E-state index < -0.39 is 0 Å². The molecule has 19 heavy (non-hydrogen) atoms. The van der Waals surface area contributed by atoms with Gasteiger partial charge < -0.3 is 10.1 Å². The van der Waals surface area contributed by atoms with Crippen LogP contribution in [-0.4, -0.2) is 24.2 Å².